The molecule has 1 N–H and O–H groups in total. The average Bonchev–Trinajstić information content (AvgIpc) is 2.51. The lowest BCUT2D eigenvalue weighted by Gasteiger charge is -2.20. The van der Waals surface area contributed by atoms with E-state index >= 15 is 0 Å². The van der Waals surface area contributed by atoms with Crippen LogP contribution in [0.5, 0.6) is 5.75 Å². The summed E-state index contributed by atoms with van der Waals surface area (Å²) < 4.78 is 18.6. The van der Waals surface area contributed by atoms with Gasteiger partial charge in [-0.15, -0.1) is 0 Å². The highest BCUT2D eigenvalue weighted by molar-refractivity contribution is 5.32. The van der Waals surface area contributed by atoms with Gasteiger partial charge in [-0.1, -0.05) is 52.0 Å². The lowest BCUT2D eigenvalue weighted by molar-refractivity contribution is 0.383. The summed E-state index contributed by atoms with van der Waals surface area (Å²) in [4.78, 5) is 0. The normalized spacial score (nSPS) is 12.4. The Morgan fingerprint density at radius 1 is 1.10 bits per heavy atom. The quantitative estimate of drug-likeness (QED) is 0.564. The Kier molecular flexibility index (Phi) is 9.07. The predicted octanol–water partition coefficient (Wildman–Crippen LogP) is 5.24. The summed E-state index contributed by atoms with van der Waals surface area (Å²) in [6.07, 6.45) is 8.58. The van der Waals surface area contributed by atoms with Crippen LogP contribution in [-0.4, -0.2) is 13.7 Å². The van der Waals surface area contributed by atoms with Crippen molar-refractivity contribution in [2.24, 2.45) is 0 Å². The Bertz CT molecular complexity index is 395. The Morgan fingerprint density at radius 2 is 1.86 bits per heavy atom. The highest BCUT2D eigenvalue weighted by atomic mass is 19.1. The molecular weight excluding hydrogens is 265 g/mol. The standard InChI is InChI=1S/C18H30FNO/c1-4-6-7-8-9-10-17(20-13-5-2)15-11-12-16(19)18(14-15)21-3/h11-12,14,17,20H,4-10,13H2,1-3H3. The topological polar surface area (TPSA) is 21.3 Å². The summed E-state index contributed by atoms with van der Waals surface area (Å²) in [6.45, 7) is 5.38. The van der Waals surface area contributed by atoms with Crippen molar-refractivity contribution >= 4 is 0 Å². The van der Waals surface area contributed by atoms with Gasteiger partial charge >= 0.3 is 0 Å². The monoisotopic (exact) mass is 295 g/mol. The van der Waals surface area contributed by atoms with Crippen molar-refractivity contribution in [3.63, 3.8) is 0 Å². The first-order chi connectivity index (χ1) is 10.2. The van der Waals surface area contributed by atoms with Gasteiger partial charge in [-0.25, -0.2) is 4.39 Å². The molecule has 1 aromatic rings. The highest BCUT2D eigenvalue weighted by Gasteiger charge is 2.13. The van der Waals surface area contributed by atoms with E-state index in [4.69, 9.17) is 4.74 Å². The minimum atomic E-state index is -0.293. The molecule has 21 heavy (non-hydrogen) atoms. The Hall–Kier alpha value is -1.09. The molecule has 0 aliphatic heterocycles. The van der Waals surface area contributed by atoms with Crippen molar-refractivity contribution in [1.29, 1.82) is 0 Å². The van der Waals surface area contributed by atoms with E-state index in [1.165, 1.54) is 45.3 Å². The number of hydrogen-bond acceptors (Lipinski definition) is 2. The fourth-order valence-electron chi connectivity index (χ4n) is 2.55. The predicted molar refractivity (Wildman–Crippen MR) is 87.4 cm³/mol. The summed E-state index contributed by atoms with van der Waals surface area (Å²) in [5.74, 6) is 0.0419. The average molecular weight is 295 g/mol. The fourth-order valence-corrected chi connectivity index (χ4v) is 2.55. The van der Waals surface area contributed by atoms with Gasteiger partial charge in [-0.05, 0) is 37.1 Å². The van der Waals surface area contributed by atoms with Crippen LogP contribution in [0.1, 0.15) is 70.4 Å². The van der Waals surface area contributed by atoms with Crippen LogP contribution >= 0.6 is 0 Å². The first-order valence-corrected chi connectivity index (χ1v) is 8.29. The summed E-state index contributed by atoms with van der Waals surface area (Å²) in [6, 6.07) is 5.50. The number of hydrogen-bond donors (Lipinski definition) is 1. The summed E-state index contributed by atoms with van der Waals surface area (Å²) >= 11 is 0. The number of unbranched alkanes of at least 4 members (excludes halogenated alkanes) is 4. The van der Waals surface area contributed by atoms with Crippen LogP contribution in [0, 0.1) is 5.82 Å². The lowest BCUT2D eigenvalue weighted by atomic mass is 9.99. The van der Waals surface area contributed by atoms with Gasteiger partial charge in [0, 0.05) is 6.04 Å². The van der Waals surface area contributed by atoms with Crippen LogP contribution in [-0.2, 0) is 0 Å². The van der Waals surface area contributed by atoms with Gasteiger partial charge in [0.2, 0.25) is 0 Å². The van der Waals surface area contributed by atoms with Crippen molar-refractivity contribution in [3.8, 4) is 5.75 Å². The molecule has 0 heterocycles. The molecule has 0 spiro atoms. The largest absolute Gasteiger partial charge is 0.494 e. The first-order valence-electron chi connectivity index (χ1n) is 8.29. The second kappa shape index (κ2) is 10.6. The molecule has 120 valence electrons. The van der Waals surface area contributed by atoms with Crippen LogP contribution in [0.3, 0.4) is 0 Å². The third-order valence-electron chi connectivity index (χ3n) is 3.81. The molecule has 0 radical (unpaired) electrons. The molecule has 0 saturated heterocycles. The van der Waals surface area contributed by atoms with Gasteiger partial charge in [-0.3, -0.25) is 0 Å². The van der Waals surface area contributed by atoms with E-state index in [0.717, 1.165) is 24.9 Å². The van der Waals surface area contributed by atoms with Crippen LogP contribution in [0.15, 0.2) is 18.2 Å². The van der Waals surface area contributed by atoms with Crippen LogP contribution in [0.4, 0.5) is 4.39 Å². The maximum absolute atomic E-state index is 13.5. The Labute approximate surface area is 129 Å². The molecule has 0 aromatic heterocycles. The third kappa shape index (κ3) is 6.47. The van der Waals surface area contributed by atoms with E-state index in [2.05, 4.69) is 19.2 Å². The molecule has 1 aromatic carbocycles. The van der Waals surface area contributed by atoms with E-state index < -0.39 is 0 Å². The molecular formula is C18H30FNO. The zero-order chi connectivity index (χ0) is 15.5. The summed E-state index contributed by atoms with van der Waals surface area (Å²) in [7, 11) is 1.52. The molecule has 0 aliphatic carbocycles. The van der Waals surface area contributed by atoms with Crippen molar-refractivity contribution in [2.75, 3.05) is 13.7 Å². The second-order valence-corrected chi connectivity index (χ2v) is 5.60. The van der Waals surface area contributed by atoms with Crippen LogP contribution in [0.2, 0.25) is 0 Å². The summed E-state index contributed by atoms with van der Waals surface area (Å²) in [5.41, 5.74) is 1.12. The van der Waals surface area contributed by atoms with Gasteiger partial charge in [-0.2, -0.15) is 0 Å². The molecule has 1 atom stereocenters. The molecule has 1 unspecified atom stereocenters. The smallest absolute Gasteiger partial charge is 0.165 e. The van der Waals surface area contributed by atoms with E-state index in [1.807, 2.05) is 12.1 Å². The van der Waals surface area contributed by atoms with Crippen LogP contribution < -0.4 is 10.1 Å². The highest BCUT2D eigenvalue weighted by Crippen LogP contribution is 2.26. The minimum absolute atomic E-state index is 0.293. The molecule has 1 rings (SSSR count). The maximum Gasteiger partial charge on any atom is 0.165 e. The van der Waals surface area contributed by atoms with E-state index in [9.17, 15) is 4.39 Å². The zero-order valence-corrected chi connectivity index (χ0v) is 13.8. The zero-order valence-electron chi connectivity index (χ0n) is 13.8. The summed E-state index contributed by atoms with van der Waals surface area (Å²) in [5, 5.41) is 3.57. The van der Waals surface area contributed by atoms with Gasteiger partial charge in [0.15, 0.2) is 11.6 Å². The van der Waals surface area contributed by atoms with E-state index in [0.29, 0.717) is 11.8 Å². The lowest BCUT2D eigenvalue weighted by Crippen LogP contribution is -2.22. The Morgan fingerprint density at radius 3 is 2.52 bits per heavy atom. The molecule has 2 nitrogen and oxygen atoms in total. The number of ether oxygens (including phenoxy) is 1. The number of halogens is 1. The van der Waals surface area contributed by atoms with Gasteiger partial charge in [0.1, 0.15) is 0 Å². The fraction of sp³-hybridized carbons (Fsp3) is 0.667. The SMILES string of the molecule is CCCCCCCC(NCCC)c1ccc(F)c(OC)c1. The van der Waals surface area contributed by atoms with Crippen molar-refractivity contribution < 1.29 is 9.13 Å². The number of benzene rings is 1. The number of rotatable bonds is 11. The molecule has 0 bridgehead atoms. The van der Waals surface area contributed by atoms with Crippen LogP contribution in [0.25, 0.3) is 0 Å². The molecule has 0 amide bonds. The molecule has 0 fully saturated rings. The minimum Gasteiger partial charge on any atom is -0.494 e. The van der Waals surface area contributed by atoms with Crippen molar-refractivity contribution in [3.05, 3.63) is 29.6 Å². The van der Waals surface area contributed by atoms with Gasteiger partial charge < -0.3 is 10.1 Å². The second-order valence-electron chi connectivity index (χ2n) is 5.60. The van der Waals surface area contributed by atoms with Gasteiger partial charge in [0.05, 0.1) is 7.11 Å². The van der Waals surface area contributed by atoms with Crippen molar-refractivity contribution in [2.45, 2.75) is 64.8 Å². The number of methoxy groups -OCH3 is 1. The molecule has 3 heteroatoms. The molecule has 0 saturated carbocycles. The molecule has 0 aliphatic rings. The van der Waals surface area contributed by atoms with Gasteiger partial charge in [0.25, 0.3) is 0 Å². The van der Waals surface area contributed by atoms with E-state index in [-0.39, 0.29) is 5.82 Å². The Balaban J connectivity index is 2.63. The maximum atomic E-state index is 13.5. The number of nitrogens with one attached hydrogen (secondary N) is 1. The third-order valence-corrected chi connectivity index (χ3v) is 3.81. The van der Waals surface area contributed by atoms with E-state index in [1.54, 1.807) is 0 Å². The first kappa shape index (κ1) is 18.0. The van der Waals surface area contributed by atoms with Crippen molar-refractivity contribution in [1.82, 2.24) is 5.32 Å².